The predicted octanol–water partition coefficient (Wildman–Crippen LogP) is 2.04. The highest BCUT2D eigenvalue weighted by Gasteiger charge is 2.33. The van der Waals surface area contributed by atoms with E-state index in [0.29, 0.717) is 12.5 Å². The Morgan fingerprint density at radius 1 is 1.46 bits per heavy atom. The van der Waals surface area contributed by atoms with E-state index in [0.717, 1.165) is 19.3 Å². The largest absolute Gasteiger partial charge is 0.472 e. The van der Waals surface area contributed by atoms with Gasteiger partial charge in [-0.3, -0.25) is 0 Å². The maximum Gasteiger partial charge on any atom is 0.204 e. The van der Waals surface area contributed by atoms with Gasteiger partial charge < -0.3 is 14.2 Å². The van der Waals surface area contributed by atoms with Crippen molar-refractivity contribution < 1.29 is 14.2 Å². The Labute approximate surface area is 78.7 Å². The molecular weight excluding hydrogens is 168 g/mol. The average molecular weight is 184 g/mol. The van der Waals surface area contributed by atoms with Crippen LogP contribution in [0.25, 0.3) is 0 Å². The molecule has 0 aromatic rings. The second-order valence-electron chi connectivity index (χ2n) is 3.47. The molecule has 74 valence electrons. The molecule has 0 amide bonds. The van der Waals surface area contributed by atoms with Crippen molar-refractivity contribution in [2.45, 2.75) is 38.8 Å². The van der Waals surface area contributed by atoms with Gasteiger partial charge in [0, 0.05) is 12.5 Å². The Morgan fingerprint density at radius 2 is 2.38 bits per heavy atom. The second-order valence-corrected chi connectivity index (χ2v) is 3.47. The van der Waals surface area contributed by atoms with Crippen LogP contribution in [0.5, 0.6) is 0 Å². The van der Waals surface area contributed by atoms with Crippen LogP contribution in [0.2, 0.25) is 0 Å². The zero-order valence-electron chi connectivity index (χ0n) is 7.94. The quantitative estimate of drug-likeness (QED) is 0.657. The van der Waals surface area contributed by atoms with E-state index in [9.17, 15) is 0 Å². The summed E-state index contributed by atoms with van der Waals surface area (Å²) in [6.45, 7) is 2.69. The molecule has 3 unspecified atom stereocenters. The van der Waals surface area contributed by atoms with Crippen LogP contribution in [0.4, 0.5) is 0 Å². The molecule has 0 bridgehead atoms. The van der Waals surface area contributed by atoms with Gasteiger partial charge in [-0.15, -0.1) is 0 Å². The zero-order chi connectivity index (χ0) is 9.10. The third kappa shape index (κ3) is 2.03. The minimum Gasteiger partial charge on any atom is -0.472 e. The van der Waals surface area contributed by atoms with Gasteiger partial charge in [0.25, 0.3) is 0 Å². The van der Waals surface area contributed by atoms with Crippen LogP contribution < -0.4 is 0 Å². The van der Waals surface area contributed by atoms with Crippen molar-refractivity contribution in [3.8, 4) is 0 Å². The summed E-state index contributed by atoms with van der Waals surface area (Å²) in [5.74, 6) is 0.529. The Hall–Kier alpha value is -0.540. The summed E-state index contributed by atoms with van der Waals surface area (Å²) in [5.41, 5.74) is 0. The molecule has 1 fully saturated rings. The maximum atomic E-state index is 5.64. The van der Waals surface area contributed by atoms with E-state index in [4.69, 9.17) is 14.2 Å². The summed E-state index contributed by atoms with van der Waals surface area (Å²) >= 11 is 0. The molecule has 0 saturated carbocycles. The third-order valence-electron chi connectivity index (χ3n) is 2.54. The van der Waals surface area contributed by atoms with Gasteiger partial charge in [0.2, 0.25) is 6.29 Å². The highest BCUT2D eigenvalue weighted by molar-refractivity contribution is 4.87. The van der Waals surface area contributed by atoms with Gasteiger partial charge in [0.15, 0.2) is 6.29 Å². The summed E-state index contributed by atoms with van der Waals surface area (Å²) in [5, 5.41) is 0. The molecular formula is C10H16O3. The number of rotatable bonds is 2. The molecule has 2 aliphatic heterocycles. The van der Waals surface area contributed by atoms with Crippen molar-refractivity contribution in [3.63, 3.8) is 0 Å². The average Bonchev–Trinajstić information content (AvgIpc) is 2.18. The molecule has 3 heteroatoms. The number of ether oxygens (including phenoxy) is 3. The number of hydrogen-bond acceptors (Lipinski definition) is 3. The molecule has 0 N–H and O–H groups in total. The summed E-state index contributed by atoms with van der Waals surface area (Å²) in [7, 11) is 0. The Balaban J connectivity index is 1.88. The lowest BCUT2D eigenvalue weighted by molar-refractivity contribution is -0.273. The van der Waals surface area contributed by atoms with Crippen molar-refractivity contribution in [3.05, 3.63) is 12.3 Å². The van der Waals surface area contributed by atoms with Gasteiger partial charge in [0.1, 0.15) is 0 Å². The molecule has 2 aliphatic rings. The highest BCUT2D eigenvalue weighted by atomic mass is 16.8. The predicted molar refractivity (Wildman–Crippen MR) is 47.9 cm³/mol. The van der Waals surface area contributed by atoms with E-state index in [-0.39, 0.29) is 12.6 Å². The Morgan fingerprint density at radius 3 is 3.23 bits per heavy atom. The maximum absolute atomic E-state index is 5.64. The fourth-order valence-electron chi connectivity index (χ4n) is 1.86. The summed E-state index contributed by atoms with van der Waals surface area (Å²) in [4.78, 5) is 0. The van der Waals surface area contributed by atoms with Crippen LogP contribution in [0.3, 0.4) is 0 Å². The molecule has 13 heavy (non-hydrogen) atoms. The Kier molecular flexibility index (Phi) is 2.86. The van der Waals surface area contributed by atoms with Gasteiger partial charge in [-0.05, 0) is 32.3 Å². The van der Waals surface area contributed by atoms with Crippen molar-refractivity contribution in [1.82, 2.24) is 0 Å². The van der Waals surface area contributed by atoms with E-state index in [1.807, 2.05) is 6.92 Å². The normalized spacial score (nSPS) is 38.1. The first kappa shape index (κ1) is 9.03. The van der Waals surface area contributed by atoms with E-state index < -0.39 is 0 Å². The van der Waals surface area contributed by atoms with Gasteiger partial charge in [-0.2, -0.15) is 0 Å². The van der Waals surface area contributed by atoms with Crippen molar-refractivity contribution in [2.24, 2.45) is 5.92 Å². The monoisotopic (exact) mass is 184 g/mol. The van der Waals surface area contributed by atoms with Crippen LogP contribution >= 0.6 is 0 Å². The fourth-order valence-corrected chi connectivity index (χ4v) is 1.86. The van der Waals surface area contributed by atoms with E-state index >= 15 is 0 Å². The van der Waals surface area contributed by atoms with E-state index in [1.165, 1.54) is 0 Å². The lowest BCUT2D eigenvalue weighted by atomic mass is 9.95. The smallest absolute Gasteiger partial charge is 0.204 e. The SMILES string of the molecule is CCOC1CCC2CC=COC2O1. The molecule has 0 spiro atoms. The first-order valence-electron chi connectivity index (χ1n) is 4.97. The molecule has 3 atom stereocenters. The molecule has 0 radical (unpaired) electrons. The molecule has 0 aromatic heterocycles. The van der Waals surface area contributed by atoms with Gasteiger partial charge in [-0.1, -0.05) is 0 Å². The van der Waals surface area contributed by atoms with Crippen molar-refractivity contribution in [1.29, 1.82) is 0 Å². The molecule has 0 aromatic carbocycles. The molecule has 0 aliphatic carbocycles. The van der Waals surface area contributed by atoms with Crippen LogP contribution in [-0.2, 0) is 14.2 Å². The first-order valence-corrected chi connectivity index (χ1v) is 4.97. The second kappa shape index (κ2) is 4.11. The minimum atomic E-state index is -0.0738. The standard InChI is InChI=1S/C10H16O3/c1-2-11-9-6-5-8-4-3-7-12-10(8)13-9/h3,7-10H,2,4-6H2,1H3. The van der Waals surface area contributed by atoms with Crippen LogP contribution in [0.15, 0.2) is 12.3 Å². The molecule has 1 saturated heterocycles. The zero-order valence-corrected chi connectivity index (χ0v) is 7.94. The van der Waals surface area contributed by atoms with E-state index in [1.54, 1.807) is 6.26 Å². The van der Waals surface area contributed by atoms with Crippen molar-refractivity contribution in [2.75, 3.05) is 6.61 Å². The lowest BCUT2D eigenvalue weighted by Gasteiger charge is -2.36. The van der Waals surface area contributed by atoms with Gasteiger partial charge >= 0.3 is 0 Å². The fraction of sp³-hybridized carbons (Fsp3) is 0.800. The molecule has 2 rings (SSSR count). The summed E-state index contributed by atoms with van der Waals surface area (Å²) in [6.07, 6.45) is 6.87. The molecule has 3 nitrogen and oxygen atoms in total. The number of hydrogen-bond donors (Lipinski definition) is 0. The summed E-state index contributed by atoms with van der Waals surface area (Å²) < 4.78 is 16.4. The van der Waals surface area contributed by atoms with E-state index in [2.05, 4.69) is 6.08 Å². The topological polar surface area (TPSA) is 27.7 Å². The van der Waals surface area contributed by atoms with Gasteiger partial charge in [-0.25, -0.2) is 0 Å². The molecule has 2 heterocycles. The minimum absolute atomic E-state index is 0.0576. The van der Waals surface area contributed by atoms with Crippen LogP contribution in [-0.4, -0.2) is 19.2 Å². The Bertz CT molecular complexity index is 191. The highest BCUT2D eigenvalue weighted by Crippen LogP contribution is 2.31. The van der Waals surface area contributed by atoms with Crippen LogP contribution in [0, 0.1) is 5.92 Å². The van der Waals surface area contributed by atoms with Gasteiger partial charge in [0.05, 0.1) is 6.26 Å². The number of fused-ring (bicyclic) bond motifs is 1. The third-order valence-corrected chi connectivity index (χ3v) is 2.54. The first-order chi connectivity index (χ1) is 6.40. The lowest BCUT2D eigenvalue weighted by Crippen LogP contribution is -2.38. The van der Waals surface area contributed by atoms with Crippen LogP contribution in [0.1, 0.15) is 26.2 Å². The van der Waals surface area contributed by atoms with Crippen molar-refractivity contribution >= 4 is 0 Å². The summed E-state index contributed by atoms with van der Waals surface area (Å²) in [6, 6.07) is 0. The number of allylic oxidation sites excluding steroid dienone is 1.